The Bertz CT molecular complexity index is 946. The lowest BCUT2D eigenvalue weighted by molar-refractivity contribution is 0.0932. The lowest BCUT2D eigenvalue weighted by Crippen LogP contribution is -2.31. The molecule has 4 rings (SSSR count). The number of hydrogen-bond donors (Lipinski definition) is 1. The summed E-state index contributed by atoms with van der Waals surface area (Å²) in [5.41, 5.74) is 3.32. The molecule has 2 heterocycles. The number of aromatic nitrogens is 3. The first-order valence-electron chi connectivity index (χ1n) is 8.54. The number of benzene rings is 1. The molecular formula is C20H17ClN4O. The van der Waals surface area contributed by atoms with Crippen molar-refractivity contribution in [3.05, 3.63) is 76.8 Å². The van der Waals surface area contributed by atoms with Crippen molar-refractivity contribution in [1.29, 1.82) is 0 Å². The molecule has 130 valence electrons. The summed E-state index contributed by atoms with van der Waals surface area (Å²) in [4.78, 5) is 25.9. The summed E-state index contributed by atoms with van der Waals surface area (Å²) in [6, 6.07) is 10.8. The van der Waals surface area contributed by atoms with Gasteiger partial charge in [-0.05, 0) is 43.5 Å². The predicted molar refractivity (Wildman–Crippen MR) is 99.9 cm³/mol. The summed E-state index contributed by atoms with van der Waals surface area (Å²) in [5, 5.41) is 3.52. The summed E-state index contributed by atoms with van der Waals surface area (Å²) in [7, 11) is 0. The van der Waals surface area contributed by atoms with Crippen LogP contribution in [0, 0.1) is 0 Å². The van der Waals surface area contributed by atoms with Crippen LogP contribution in [0.1, 0.15) is 40.5 Å². The predicted octanol–water partition coefficient (Wildman–Crippen LogP) is 4.00. The van der Waals surface area contributed by atoms with E-state index in [0.717, 1.165) is 36.1 Å². The first-order valence-corrected chi connectivity index (χ1v) is 8.92. The Hall–Kier alpha value is -2.79. The Kier molecular flexibility index (Phi) is 4.63. The molecule has 1 atom stereocenters. The highest BCUT2D eigenvalue weighted by molar-refractivity contribution is 6.33. The molecule has 0 saturated carbocycles. The normalized spacial score (nSPS) is 16.0. The Morgan fingerprint density at radius 3 is 2.85 bits per heavy atom. The molecule has 1 amide bonds. The van der Waals surface area contributed by atoms with Crippen molar-refractivity contribution in [2.45, 2.75) is 25.3 Å². The monoisotopic (exact) mass is 364 g/mol. The molecule has 5 nitrogen and oxygen atoms in total. The molecule has 6 heteroatoms. The van der Waals surface area contributed by atoms with Gasteiger partial charge in [-0.1, -0.05) is 23.7 Å². The highest BCUT2D eigenvalue weighted by Gasteiger charge is 2.25. The number of nitrogens with zero attached hydrogens (tertiary/aromatic N) is 3. The van der Waals surface area contributed by atoms with Crippen molar-refractivity contribution in [1.82, 2.24) is 20.3 Å². The molecule has 0 aliphatic heterocycles. The number of nitrogens with one attached hydrogen (secondary N) is 1. The van der Waals surface area contributed by atoms with Crippen LogP contribution in [-0.2, 0) is 6.42 Å². The van der Waals surface area contributed by atoms with Gasteiger partial charge in [0, 0.05) is 35.4 Å². The van der Waals surface area contributed by atoms with E-state index in [0.29, 0.717) is 16.4 Å². The van der Waals surface area contributed by atoms with E-state index in [1.807, 2.05) is 24.4 Å². The number of carbonyl (C=O) groups is 1. The molecule has 0 fully saturated rings. The molecule has 0 saturated heterocycles. The molecule has 0 radical (unpaired) electrons. The van der Waals surface area contributed by atoms with Gasteiger partial charge in [0.05, 0.1) is 16.6 Å². The van der Waals surface area contributed by atoms with Crippen molar-refractivity contribution in [2.24, 2.45) is 0 Å². The zero-order chi connectivity index (χ0) is 17.9. The number of hydrogen-bond acceptors (Lipinski definition) is 4. The summed E-state index contributed by atoms with van der Waals surface area (Å²) < 4.78 is 0. The average molecular weight is 365 g/mol. The third kappa shape index (κ3) is 3.30. The third-order valence-corrected chi connectivity index (χ3v) is 4.85. The Balaban J connectivity index is 1.60. The number of fused-ring (bicyclic) bond motifs is 1. The lowest BCUT2D eigenvalue weighted by Gasteiger charge is -2.25. The maximum atomic E-state index is 12.6. The number of amides is 1. The fourth-order valence-electron chi connectivity index (χ4n) is 3.21. The van der Waals surface area contributed by atoms with Crippen molar-refractivity contribution in [3.63, 3.8) is 0 Å². The molecule has 1 aromatic carbocycles. The third-order valence-electron chi connectivity index (χ3n) is 4.53. The largest absolute Gasteiger partial charge is 0.345 e. The van der Waals surface area contributed by atoms with Gasteiger partial charge in [0.25, 0.3) is 5.91 Å². The van der Waals surface area contributed by atoms with Gasteiger partial charge < -0.3 is 5.32 Å². The summed E-state index contributed by atoms with van der Waals surface area (Å²) in [5.74, 6) is 0.486. The molecule has 3 aromatic rings. The molecule has 1 aliphatic rings. The van der Waals surface area contributed by atoms with Crippen LogP contribution in [0.5, 0.6) is 0 Å². The zero-order valence-electron chi connectivity index (χ0n) is 14.0. The maximum Gasteiger partial charge on any atom is 0.253 e. The fourth-order valence-corrected chi connectivity index (χ4v) is 3.43. The van der Waals surface area contributed by atoms with Crippen LogP contribution >= 0.6 is 11.6 Å². The number of aryl methyl sites for hydroxylation is 1. The van der Waals surface area contributed by atoms with E-state index >= 15 is 0 Å². The van der Waals surface area contributed by atoms with Gasteiger partial charge in [0.1, 0.15) is 0 Å². The summed E-state index contributed by atoms with van der Waals surface area (Å²) in [6.07, 6.45) is 8.00. The van der Waals surface area contributed by atoms with Gasteiger partial charge in [0.15, 0.2) is 5.82 Å². The van der Waals surface area contributed by atoms with Gasteiger partial charge in [-0.3, -0.25) is 9.78 Å². The van der Waals surface area contributed by atoms with E-state index in [1.165, 1.54) is 0 Å². The average Bonchev–Trinajstić information content (AvgIpc) is 2.69. The first-order chi connectivity index (χ1) is 12.7. The van der Waals surface area contributed by atoms with Crippen LogP contribution in [0.15, 0.2) is 55.0 Å². The van der Waals surface area contributed by atoms with Crippen molar-refractivity contribution < 1.29 is 4.79 Å². The van der Waals surface area contributed by atoms with Gasteiger partial charge in [-0.15, -0.1) is 0 Å². The molecule has 1 N–H and O–H groups in total. The van der Waals surface area contributed by atoms with Crippen LogP contribution in [0.2, 0.25) is 5.02 Å². The minimum atomic E-state index is -0.176. The van der Waals surface area contributed by atoms with Crippen molar-refractivity contribution >= 4 is 17.5 Å². The van der Waals surface area contributed by atoms with Crippen LogP contribution in [0.4, 0.5) is 0 Å². The number of rotatable bonds is 3. The second-order valence-corrected chi connectivity index (χ2v) is 6.64. The smallest absolute Gasteiger partial charge is 0.253 e. The second-order valence-electron chi connectivity index (χ2n) is 6.24. The molecule has 0 unspecified atom stereocenters. The Morgan fingerprint density at radius 2 is 2.04 bits per heavy atom. The van der Waals surface area contributed by atoms with E-state index in [4.69, 9.17) is 16.6 Å². The van der Waals surface area contributed by atoms with Crippen LogP contribution in [-0.4, -0.2) is 20.9 Å². The number of carbonyl (C=O) groups excluding carboxylic acids is 1. The molecule has 0 bridgehead atoms. The molecule has 0 spiro atoms. The fraction of sp³-hybridized carbons (Fsp3) is 0.200. The second kappa shape index (κ2) is 7.22. The van der Waals surface area contributed by atoms with Crippen LogP contribution in [0.3, 0.4) is 0 Å². The maximum absolute atomic E-state index is 12.6. The topological polar surface area (TPSA) is 67.8 Å². The SMILES string of the molecule is O=C(N[C@H]1CCCc2nc(-c3cccnc3)ncc21)c1ccccc1Cl. The van der Waals surface area contributed by atoms with Gasteiger partial charge in [-0.2, -0.15) is 0 Å². The number of pyridine rings is 1. The van der Waals surface area contributed by atoms with Gasteiger partial charge in [0.2, 0.25) is 0 Å². The highest BCUT2D eigenvalue weighted by atomic mass is 35.5. The summed E-state index contributed by atoms with van der Waals surface area (Å²) >= 11 is 6.13. The van der Waals surface area contributed by atoms with Crippen molar-refractivity contribution in [3.8, 4) is 11.4 Å². The standard InChI is InChI=1S/C20H17ClN4O/c21-16-7-2-1-6-14(16)20(26)25-18-9-3-8-17-15(18)12-23-19(24-17)13-5-4-10-22-11-13/h1-2,4-7,10-12,18H,3,8-9H2,(H,25,26)/t18-/m0/s1. The Morgan fingerprint density at radius 1 is 1.15 bits per heavy atom. The van der Waals surface area contributed by atoms with Crippen LogP contribution in [0.25, 0.3) is 11.4 Å². The summed E-state index contributed by atoms with van der Waals surface area (Å²) in [6.45, 7) is 0. The van der Waals surface area contributed by atoms with Gasteiger partial charge >= 0.3 is 0 Å². The van der Waals surface area contributed by atoms with E-state index in [1.54, 1.807) is 30.6 Å². The molecule has 26 heavy (non-hydrogen) atoms. The quantitative estimate of drug-likeness (QED) is 0.762. The minimum absolute atomic E-state index is 0.106. The van der Waals surface area contributed by atoms with Crippen molar-refractivity contribution in [2.75, 3.05) is 0 Å². The van der Waals surface area contributed by atoms with E-state index in [-0.39, 0.29) is 11.9 Å². The number of halogens is 1. The van der Waals surface area contributed by atoms with E-state index in [9.17, 15) is 4.79 Å². The molecule has 2 aromatic heterocycles. The highest BCUT2D eigenvalue weighted by Crippen LogP contribution is 2.30. The minimum Gasteiger partial charge on any atom is -0.345 e. The Labute approximate surface area is 156 Å². The van der Waals surface area contributed by atoms with E-state index < -0.39 is 0 Å². The molecule has 1 aliphatic carbocycles. The van der Waals surface area contributed by atoms with E-state index in [2.05, 4.69) is 15.3 Å². The first kappa shape index (κ1) is 16.7. The van der Waals surface area contributed by atoms with Crippen LogP contribution < -0.4 is 5.32 Å². The zero-order valence-corrected chi connectivity index (χ0v) is 14.8. The lowest BCUT2D eigenvalue weighted by atomic mass is 9.92. The van der Waals surface area contributed by atoms with Gasteiger partial charge in [-0.25, -0.2) is 9.97 Å². The molecular weight excluding hydrogens is 348 g/mol.